The van der Waals surface area contributed by atoms with Crippen LogP contribution in [0, 0.1) is 6.92 Å². The Labute approximate surface area is 128 Å². The molecule has 0 N–H and O–H groups in total. The van der Waals surface area contributed by atoms with Crippen LogP contribution in [0.3, 0.4) is 0 Å². The molecule has 0 amide bonds. The minimum atomic E-state index is 1.03. The number of benzene rings is 2. The highest BCUT2D eigenvalue weighted by Crippen LogP contribution is 2.31. The van der Waals surface area contributed by atoms with Crippen molar-refractivity contribution in [1.82, 2.24) is 9.38 Å². The van der Waals surface area contributed by atoms with Crippen LogP contribution in [0.4, 0.5) is 0 Å². The van der Waals surface area contributed by atoms with Crippen LogP contribution in [-0.4, -0.2) is 9.38 Å². The predicted molar refractivity (Wildman–Crippen MR) is 88.4 cm³/mol. The molecule has 0 saturated carbocycles. The third kappa shape index (κ3) is 1.87. The summed E-state index contributed by atoms with van der Waals surface area (Å²) < 4.78 is 4.52. The van der Waals surface area contributed by atoms with Crippen molar-refractivity contribution in [3.8, 4) is 11.3 Å². The minimum absolute atomic E-state index is 1.03. The Hall–Kier alpha value is -1.65. The van der Waals surface area contributed by atoms with E-state index in [0.29, 0.717) is 0 Å². The zero-order chi connectivity index (χ0) is 13.7. The molecule has 4 rings (SSSR count). The number of aromatic nitrogens is 2. The third-order valence-corrected chi connectivity index (χ3v) is 4.91. The monoisotopic (exact) mass is 342 g/mol. The lowest BCUT2D eigenvalue weighted by Gasteiger charge is -1.97. The summed E-state index contributed by atoms with van der Waals surface area (Å²) in [6.07, 6.45) is 2.12. The van der Waals surface area contributed by atoms with Gasteiger partial charge in [-0.15, -0.1) is 0 Å². The highest BCUT2D eigenvalue weighted by Gasteiger charge is 2.10. The molecule has 0 aliphatic carbocycles. The number of nitrogens with zero attached hydrogens (tertiary/aromatic N) is 2. The van der Waals surface area contributed by atoms with E-state index in [9.17, 15) is 0 Å². The van der Waals surface area contributed by atoms with E-state index in [4.69, 9.17) is 4.98 Å². The molecule has 0 fully saturated rings. The lowest BCUT2D eigenvalue weighted by Crippen LogP contribution is -1.78. The number of hydrogen-bond donors (Lipinski definition) is 0. The number of hydrogen-bond acceptors (Lipinski definition) is 2. The van der Waals surface area contributed by atoms with E-state index in [2.05, 4.69) is 75.9 Å². The quantitative estimate of drug-likeness (QED) is 0.459. The maximum absolute atomic E-state index is 4.75. The largest absolute Gasteiger partial charge is 0.290 e. The summed E-state index contributed by atoms with van der Waals surface area (Å²) >= 11 is 5.23. The van der Waals surface area contributed by atoms with Gasteiger partial charge in [-0.1, -0.05) is 57.1 Å². The lowest BCUT2D eigenvalue weighted by atomic mass is 10.1. The maximum atomic E-state index is 4.75. The van der Waals surface area contributed by atoms with E-state index in [1.807, 2.05) is 0 Å². The fraction of sp³-hybridized carbons (Fsp3) is 0.0625. The molecule has 0 aliphatic rings. The molecular weight excluding hydrogens is 332 g/mol. The second-order valence-electron chi connectivity index (χ2n) is 4.86. The van der Waals surface area contributed by atoms with Gasteiger partial charge in [0.2, 0.25) is 0 Å². The van der Waals surface area contributed by atoms with Gasteiger partial charge in [-0.2, -0.15) is 0 Å². The van der Waals surface area contributed by atoms with Crippen molar-refractivity contribution in [3.63, 3.8) is 0 Å². The zero-order valence-electron chi connectivity index (χ0n) is 10.8. The Morgan fingerprint density at radius 2 is 1.90 bits per heavy atom. The van der Waals surface area contributed by atoms with Gasteiger partial charge in [0.25, 0.3) is 0 Å². The molecule has 0 unspecified atom stereocenters. The van der Waals surface area contributed by atoms with Gasteiger partial charge in [0, 0.05) is 16.2 Å². The Morgan fingerprint density at radius 3 is 2.70 bits per heavy atom. The van der Waals surface area contributed by atoms with Crippen LogP contribution in [0.2, 0.25) is 0 Å². The van der Waals surface area contributed by atoms with E-state index in [-0.39, 0.29) is 0 Å². The Bertz CT molecular complexity index is 919. The summed E-state index contributed by atoms with van der Waals surface area (Å²) in [7, 11) is 0. The molecule has 4 aromatic rings. The predicted octanol–water partition coefficient (Wildman–Crippen LogP) is 5.29. The molecule has 98 valence electrons. The van der Waals surface area contributed by atoms with Crippen LogP contribution in [0.5, 0.6) is 0 Å². The molecule has 0 aliphatic heterocycles. The summed E-state index contributed by atoms with van der Waals surface area (Å²) in [5.74, 6) is 0. The minimum Gasteiger partial charge on any atom is -0.290 e. The van der Waals surface area contributed by atoms with Crippen LogP contribution in [-0.2, 0) is 0 Å². The Balaban J connectivity index is 1.93. The van der Waals surface area contributed by atoms with Gasteiger partial charge in [-0.3, -0.25) is 4.40 Å². The third-order valence-electron chi connectivity index (χ3n) is 3.40. The van der Waals surface area contributed by atoms with Gasteiger partial charge in [0.15, 0.2) is 4.96 Å². The van der Waals surface area contributed by atoms with Gasteiger partial charge in [-0.05, 0) is 25.1 Å². The molecule has 2 aromatic carbocycles. The van der Waals surface area contributed by atoms with E-state index < -0.39 is 0 Å². The second-order valence-corrected chi connectivity index (χ2v) is 6.78. The van der Waals surface area contributed by atoms with Crippen molar-refractivity contribution in [2.45, 2.75) is 6.92 Å². The van der Waals surface area contributed by atoms with Gasteiger partial charge < -0.3 is 0 Å². The maximum Gasteiger partial charge on any atom is 0.195 e. The average Bonchev–Trinajstić information content (AvgIpc) is 2.96. The molecule has 20 heavy (non-hydrogen) atoms. The molecule has 0 atom stereocenters. The fourth-order valence-corrected chi connectivity index (χ4v) is 3.90. The number of imidazole rings is 1. The van der Waals surface area contributed by atoms with Crippen molar-refractivity contribution < 1.29 is 0 Å². The van der Waals surface area contributed by atoms with Crippen molar-refractivity contribution in [3.05, 3.63) is 58.7 Å². The van der Waals surface area contributed by atoms with Gasteiger partial charge >= 0.3 is 0 Å². The standard InChI is InChI=1S/C16H11BrN2S/c1-10-2-4-11(5-3-10)13-9-19-14-7-6-12(17)8-15(14)20-16(19)18-13/h2-9H,1H3. The fourth-order valence-electron chi connectivity index (χ4n) is 2.34. The normalized spacial score (nSPS) is 11.5. The van der Waals surface area contributed by atoms with E-state index in [0.717, 1.165) is 20.7 Å². The van der Waals surface area contributed by atoms with Crippen molar-refractivity contribution in [2.24, 2.45) is 0 Å². The molecule has 0 saturated heterocycles. The first-order valence-corrected chi connectivity index (χ1v) is 7.96. The molecule has 0 bridgehead atoms. The van der Waals surface area contributed by atoms with E-state index in [1.165, 1.54) is 15.8 Å². The average molecular weight is 343 g/mol. The molecule has 2 heterocycles. The highest BCUT2D eigenvalue weighted by molar-refractivity contribution is 9.10. The SMILES string of the molecule is Cc1ccc(-c2cn3c(n2)sc2cc(Br)ccc23)cc1. The molecule has 0 spiro atoms. The summed E-state index contributed by atoms with van der Waals surface area (Å²) in [5.41, 5.74) is 4.67. The second kappa shape index (κ2) is 4.43. The Kier molecular flexibility index (Phi) is 2.69. The first-order valence-electron chi connectivity index (χ1n) is 6.35. The number of rotatable bonds is 1. The topological polar surface area (TPSA) is 17.3 Å². The summed E-state index contributed by atoms with van der Waals surface area (Å²) in [4.78, 5) is 5.78. The van der Waals surface area contributed by atoms with Crippen LogP contribution in [0.15, 0.2) is 53.1 Å². The van der Waals surface area contributed by atoms with Gasteiger partial charge in [0.1, 0.15) is 0 Å². The number of thiazole rings is 1. The molecule has 4 heteroatoms. The zero-order valence-corrected chi connectivity index (χ0v) is 13.2. The number of fused-ring (bicyclic) bond motifs is 3. The summed E-state index contributed by atoms with van der Waals surface area (Å²) in [6.45, 7) is 2.10. The van der Waals surface area contributed by atoms with E-state index >= 15 is 0 Å². The first-order chi connectivity index (χ1) is 9.70. The summed E-state index contributed by atoms with van der Waals surface area (Å²) in [6, 6.07) is 14.8. The lowest BCUT2D eigenvalue weighted by molar-refractivity contribution is 1.30. The smallest absolute Gasteiger partial charge is 0.195 e. The van der Waals surface area contributed by atoms with Crippen LogP contribution in [0.1, 0.15) is 5.56 Å². The molecule has 2 nitrogen and oxygen atoms in total. The van der Waals surface area contributed by atoms with Crippen molar-refractivity contribution >= 4 is 42.4 Å². The highest BCUT2D eigenvalue weighted by atomic mass is 79.9. The van der Waals surface area contributed by atoms with Gasteiger partial charge in [0.05, 0.1) is 15.9 Å². The molecular formula is C16H11BrN2S. The van der Waals surface area contributed by atoms with Crippen molar-refractivity contribution in [1.29, 1.82) is 0 Å². The van der Waals surface area contributed by atoms with Crippen LogP contribution >= 0.6 is 27.3 Å². The molecule has 0 radical (unpaired) electrons. The first kappa shape index (κ1) is 12.1. The van der Waals surface area contributed by atoms with E-state index in [1.54, 1.807) is 11.3 Å². The number of aryl methyl sites for hydroxylation is 1. The van der Waals surface area contributed by atoms with Crippen molar-refractivity contribution in [2.75, 3.05) is 0 Å². The van der Waals surface area contributed by atoms with Crippen LogP contribution in [0.25, 0.3) is 26.4 Å². The Morgan fingerprint density at radius 1 is 1.10 bits per heavy atom. The number of halogens is 1. The summed E-state index contributed by atoms with van der Waals surface area (Å²) in [5, 5.41) is 0. The van der Waals surface area contributed by atoms with Crippen LogP contribution < -0.4 is 0 Å². The molecule has 2 aromatic heterocycles. The van der Waals surface area contributed by atoms with Gasteiger partial charge in [-0.25, -0.2) is 4.98 Å².